The Morgan fingerprint density at radius 3 is 2.31 bits per heavy atom. The molecule has 7 nitrogen and oxygen atoms in total. The number of unbranched alkanes of at least 4 members (excludes halogenated alkanes) is 1. The van der Waals surface area contributed by atoms with Gasteiger partial charge in [-0.15, -0.1) is 0 Å². The van der Waals surface area contributed by atoms with Crippen molar-refractivity contribution in [1.82, 2.24) is 14.5 Å². The van der Waals surface area contributed by atoms with Gasteiger partial charge in [0.15, 0.2) is 0 Å². The average molecular weight is 510 g/mol. The van der Waals surface area contributed by atoms with Crippen molar-refractivity contribution in [1.29, 1.82) is 0 Å². The van der Waals surface area contributed by atoms with E-state index in [9.17, 15) is 18.0 Å². The van der Waals surface area contributed by atoms with Gasteiger partial charge >= 0.3 is 0 Å². The smallest absolute Gasteiger partial charge is 0.243 e. The number of amides is 2. The van der Waals surface area contributed by atoms with Crippen molar-refractivity contribution in [2.75, 3.05) is 26.7 Å². The predicted molar refractivity (Wildman–Crippen MR) is 143 cm³/mol. The van der Waals surface area contributed by atoms with E-state index in [0.717, 1.165) is 33.5 Å². The topological polar surface area (TPSA) is 86.8 Å². The highest BCUT2D eigenvalue weighted by atomic mass is 32.2. The Morgan fingerprint density at radius 1 is 0.944 bits per heavy atom. The van der Waals surface area contributed by atoms with E-state index in [1.54, 1.807) is 25.1 Å². The molecule has 1 atom stereocenters. The van der Waals surface area contributed by atoms with Crippen LogP contribution in [0, 0.1) is 0 Å². The number of likely N-dealkylation sites (N-methyl/N-ethyl adjacent to an activating group) is 1. The molecule has 0 aliphatic carbocycles. The summed E-state index contributed by atoms with van der Waals surface area (Å²) < 4.78 is 27.6. The van der Waals surface area contributed by atoms with Crippen LogP contribution < -0.4 is 5.32 Å². The third-order valence-corrected chi connectivity index (χ3v) is 8.07. The molecular formula is C28H35N3O4S. The zero-order valence-electron chi connectivity index (χ0n) is 21.2. The van der Waals surface area contributed by atoms with Crippen molar-refractivity contribution >= 4 is 32.6 Å². The normalized spacial score (nSPS) is 12.4. The predicted octanol–water partition coefficient (Wildman–Crippen LogP) is 3.84. The first-order chi connectivity index (χ1) is 17.2. The van der Waals surface area contributed by atoms with Crippen LogP contribution in [0.4, 0.5) is 0 Å². The Balaban J connectivity index is 1.77. The summed E-state index contributed by atoms with van der Waals surface area (Å²) in [5.74, 6) is -0.666. The number of nitrogens with one attached hydrogen (secondary N) is 1. The molecule has 3 aromatic rings. The van der Waals surface area contributed by atoms with Crippen LogP contribution in [0.5, 0.6) is 0 Å². The minimum absolute atomic E-state index is 0.123. The second kappa shape index (κ2) is 12.6. The maximum atomic E-state index is 13.4. The Bertz CT molecular complexity index is 1280. The van der Waals surface area contributed by atoms with Gasteiger partial charge in [0.05, 0.1) is 11.4 Å². The van der Waals surface area contributed by atoms with Gasteiger partial charge < -0.3 is 10.2 Å². The number of fused-ring (bicyclic) bond motifs is 1. The van der Waals surface area contributed by atoms with Crippen LogP contribution in [0.15, 0.2) is 77.7 Å². The molecule has 0 radical (unpaired) electrons. The molecule has 2 amide bonds. The summed E-state index contributed by atoms with van der Waals surface area (Å²) in [4.78, 5) is 27.7. The van der Waals surface area contributed by atoms with Crippen LogP contribution in [-0.2, 0) is 26.0 Å². The molecule has 0 aliphatic heterocycles. The van der Waals surface area contributed by atoms with Crippen LogP contribution in [0.1, 0.15) is 32.3 Å². The molecule has 0 heterocycles. The minimum Gasteiger partial charge on any atom is -0.354 e. The quantitative estimate of drug-likeness (QED) is 0.376. The van der Waals surface area contributed by atoms with E-state index in [-0.39, 0.29) is 17.3 Å². The van der Waals surface area contributed by atoms with Gasteiger partial charge in [-0.1, -0.05) is 74.0 Å². The van der Waals surface area contributed by atoms with Crippen LogP contribution in [-0.4, -0.2) is 62.2 Å². The molecule has 192 valence electrons. The monoisotopic (exact) mass is 509 g/mol. The number of hydrogen-bond donors (Lipinski definition) is 1. The maximum Gasteiger partial charge on any atom is 0.243 e. The van der Waals surface area contributed by atoms with Gasteiger partial charge in [0.1, 0.15) is 6.04 Å². The summed E-state index contributed by atoms with van der Waals surface area (Å²) >= 11 is 0. The standard InChI is InChI=1S/C28H35N3O4S/c1-4-5-18-29-28(33)22(2)31(19-17-23-11-7-6-8-12-23)27(32)21-30(3)36(34,35)26-16-15-24-13-9-10-14-25(24)20-26/h6-16,20,22H,4-5,17-19,21H2,1-3H3,(H,29,33). The summed E-state index contributed by atoms with van der Waals surface area (Å²) in [6.07, 6.45) is 2.35. The summed E-state index contributed by atoms with van der Waals surface area (Å²) in [7, 11) is -2.51. The fourth-order valence-corrected chi connectivity index (χ4v) is 5.14. The van der Waals surface area contributed by atoms with E-state index in [4.69, 9.17) is 0 Å². The molecule has 36 heavy (non-hydrogen) atoms. The van der Waals surface area contributed by atoms with Crippen molar-refractivity contribution in [2.45, 2.75) is 44.0 Å². The first kappa shape index (κ1) is 27.4. The van der Waals surface area contributed by atoms with Crippen molar-refractivity contribution in [3.63, 3.8) is 0 Å². The molecule has 8 heteroatoms. The molecule has 0 aromatic heterocycles. The van der Waals surface area contributed by atoms with Crippen LogP contribution >= 0.6 is 0 Å². The minimum atomic E-state index is -3.90. The van der Waals surface area contributed by atoms with Gasteiger partial charge in [0.25, 0.3) is 0 Å². The maximum absolute atomic E-state index is 13.4. The highest BCUT2D eigenvalue weighted by molar-refractivity contribution is 7.89. The van der Waals surface area contributed by atoms with Gasteiger partial charge in [-0.25, -0.2) is 8.42 Å². The van der Waals surface area contributed by atoms with Crippen molar-refractivity contribution < 1.29 is 18.0 Å². The first-order valence-corrected chi connectivity index (χ1v) is 13.7. The Kier molecular flexibility index (Phi) is 9.61. The number of carbonyl (C=O) groups excluding carboxylic acids is 2. The molecule has 3 rings (SSSR count). The van der Waals surface area contributed by atoms with E-state index in [1.807, 2.05) is 61.5 Å². The Morgan fingerprint density at radius 2 is 1.61 bits per heavy atom. The molecule has 0 bridgehead atoms. The van der Waals surface area contributed by atoms with Crippen molar-refractivity contribution in [2.24, 2.45) is 0 Å². The number of hydrogen-bond acceptors (Lipinski definition) is 4. The lowest BCUT2D eigenvalue weighted by Crippen LogP contribution is -2.51. The van der Waals surface area contributed by atoms with E-state index >= 15 is 0 Å². The first-order valence-electron chi connectivity index (χ1n) is 12.3. The second-order valence-electron chi connectivity index (χ2n) is 8.91. The molecule has 0 aliphatic rings. The SMILES string of the molecule is CCCCNC(=O)C(C)N(CCc1ccccc1)C(=O)CN(C)S(=O)(=O)c1ccc2ccccc2c1. The van der Waals surface area contributed by atoms with Crippen LogP contribution in [0.25, 0.3) is 10.8 Å². The largest absolute Gasteiger partial charge is 0.354 e. The van der Waals surface area contributed by atoms with Gasteiger partial charge in [-0.3, -0.25) is 9.59 Å². The van der Waals surface area contributed by atoms with Crippen molar-refractivity contribution in [3.8, 4) is 0 Å². The van der Waals surface area contributed by atoms with Gasteiger partial charge in [0.2, 0.25) is 21.8 Å². The number of sulfonamides is 1. The summed E-state index contributed by atoms with van der Waals surface area (Å²) in [5.41, 5.74) is 1.03. The summed E-state index contributed by atoms with van der Waals surface area (Å²) in [5, 5.41) is 4.62. The van der Waals surface area contributed by atoms with Gasteiger partial charge in [0, 0.05) is 20.1 Å². The van der Waals surface area contributed by atoms with E-state index < -0.39 is 22.0 Å². The van der Waals surface area contributed by atoms with E-state index in [1.165, 1.54) is 11.9 Å². The molecule has 1 unspecified atom stereocenters. The van der Waals surface area contributed by atoms with Crippen molar-refractivity contribution in [3.05, 3.63) is 78.4 Å². The lowest BCUT2D eigenvalue weighted by Gasteiger charge is -2.30. The number of carbonyl (C=O) groups is 2. The van der Waals surface area contributed by atoms with Crippen LogP contribution in [0.3, 0.4) is 0 Å². The van der Waals surface area contributed by atoms with Gasteiger partial charge in [-0.05, 0) is 48.2 Å². The average Bonchev–Trinajstić information content (AvgIpc) is 2.89. The molecule has 1 N–H and O–H groups in total. The lowest BCUT2D eigenvalue weighted by molar-refractivity contribution is -0.139. The summed E-state index contributed by atoms with van der Waals surface area (Å²) in [6, 6.07) is 21.4. The fraction of sp³-hybridized carbons (Fsp3) is 0.357. The van der Waals surface area contributed by atoms with Gasteiger partial charge in [-0.2, -0.15) is 4.31 Å². The molecule has 3 aromatic carbocycles. The summed E-state index contributed by atoms with van der Waals surface area (Å²) in [6.45, 7) is 4.20. The number of benzene rings is 3. The van der Waals surface area contributed by atoms with E-state index in [0.29, 0.717) is 19.5 Å². The van der Waals surface area contributed by atoms with Crippen LogP contribution in [0.2, 0.25) is 0 Å². The second-order valence-corrected chi connectivity index (χ2v) is 11.0. The third-order valence-electron chi connectivity index (χ3n) is 6.27. The highest BCUT2D eigenvalue weighted by Crippen LogP contribution is 2.21. The zero-order chi connectivity index (χ0) is 26.1. The Hall–Kier alpha value is -3.23. The number of nitrogens with zero attached hydrogens (tertiary/aromatic N) is 2. The highest BCUT2D eigenvalue weighted by Gasteiger charge is 2.30. The molecule has 0 saturated carbocycles. The molecule has 0 spiro atoms. The van der Waals surface area contributed by atoms with E-state index in [2.05, 4.69) is 5.32 Å². The molecule has 0 saturated heterocycles. The molecular weight excluding hydrogens is 474 g/mol. The Labute approximate surface area is 214 Å². The molecule has 0 fully saturated rings. The third kappa shape index (κ3) is 6.92. The lowest BCUT2D eigenvalue weighted by atomic mass is 10.1. The number of rotatable bonds is 12. The fourth-order valence-electron chi connectivity index (χ4n) is 3.98. The zero-order valence-corrected chi connectivity index (χ0v) is 22.0.